The van der Waals surface area contributed by atoms with E-state index in [-0.39, 0.29) is 22.8 Å². The summed E-state index contributed by atoms with van der Waals surface area (Å²) >= 11 is 0. The topological polar surface area (TPSA) is 96.1 Å². The first-order valence-electron chi connectivity index (χ1n) is 9.78. The molecule has 0 spiro atoms. The first-order chi connectivity index (χ1) is 15.1. The van der Waals surface area contributed by atoms with Crippen LogP contribution >= 0.6 is 0 Å². The van der Waals surface area contributed by atoms with E-state index in [0.717, 1.165) is 5.69 Å². The number of anilines is 2. The van der Waals surface area contributed by atoms with Gasteiger partial charge in [0.1, 0.15) is 22.6 Å². The Hall–Kier alpha value is -4.26. The minimum Gasteiger partial charge on any atom is -0.508 e. The highest BCUT2D eigenvalue weighted by atomic mass is 16.5. The van der Waals surface area contributed by atoms with Gasteiger partial charge in [-0.15, -0.1) is 5.10 Å². The first kappa shape index (κ1) is 20.0. The molecule has 3 aromatic carbocycles. The monoisotopic (exact) mass is 415 g/mol. The van der Waals surface area contributed by atoms with Gasteiger partial charge < -0.3 is 19.6 Å². The van der Waals surface area contributed by atoms with Gasteiger partial charge in [-0.2, -0.15) is 0 Å². The number of phenolic OH excluding ortho intramolecular Hbond substituents is 1. The molecule has 4 aromatic rings. The zero-order chi connectivity index (χ0) is 21.6. The molecule has 0 aliphatic carbocycles. The van der Waals surface area contributed by atoms with Crippen molar-refractivity contribution in [3.63, 3.8) is 0 Å². The third kappa shape index (κ3) is 4.84. The number of hydrogen-bond acceptors (Lipinski definition) is 6. The Morgan fingerprint density at radius 3 is 2.61 bits per heavy atom. The highest BCUT2D eigenvalue weighted by Gasteiger charge is 2.14. The lowest BCUT2D eigenvalue weighted by molar-refractivity contribution is 0.102. The number of fused-ring (bicyclic) bond motifs is 1. The molecule has 1 aromatic heterocycles. The molecule has 0 aliphatic rings. The smallest absolute Gasteiger partial charge is 0.261 e. The van der Waals surface area contributed by atoms with E-state index in [1.54, 1.807) is 30.3 Å². The van der Waals surface area contributed by atoms with Crippen molar-refractivity contribution in [3.05, 3.63) is 90.0 Å². The summed E-state index contributed by atoms with van der Waals surface area (Å²) in [5.74, 6) is 0.332. The zero-order valence-corrected chi connectivity index (χ0v) is 16.8. The van der Waals surface area contributed by atoms with Crippen LogP contribution in [0.1, 0.15) is 17.3 Å². The minimum absolute atomic E-state index is 0.0585. The quantitative estimate of drug-likeness (QED) is 0.396. The second-order valence-corrected chi connectivity index (χ2v) is 6.69. The maximum absolute atomic E-state index is 13.1. The molecule has 0 saturated heterocycles. The molecule has 0 saturated carbocycles. The van der Waals surface area contributed by atoms with Crippen molar-refractivity contribution in [2.75, 3.05) is 17.3 Å². The highest BCUT2D eigenvalue weighted by molar-refractivity contribution is 6.05. The van der Waals surface area contributed by atoms with Crippen LogP contribution in [0.4, 0.5) is 11.4 Å². The van der Waals surface area contributed by atoms with Gasteiger partial charge in [-0.25, -0.2) is 0 Å². The van der Waals surface area contributed by atoms with E-state index in [0.29, 0.717) is 29.0 Å². The fourth-order valence-electron chi connectivity index (χ4n) is 3.01. The lowest BCUT2D eigenvalue weighted by Crippen LogP contribution is -2.22. The number of ether oxygens (including phenoxy) is 1. The van der Waals surface area contributed by atoms with Gasteiger partial charge in [0.05, 0.1) is 12.3 Å². The van der Waals surface area contributed by atoms with Crippen LogP contribution in [0.2, 0.25) is 0 Å². The Morgan fingerprint density at radius 1 is 1.00 bits per heavy atom. The van der Waals surface area contributed by atoms with E-state index in [2.05, 4.69) is 15.8 Å². The molecule has 0 aliphatic heterocycles. The minimum atomic E-state index is -0.388. The van der Waals surface area contributed by atoms with Crippen LogP contribution in [0.15, 0.2) is 88.4 Å². The molecule has 31 heavy (non-hydrogen) atoms. The van der Waals surface area contributed by atoms with Crippen LogP contribution in [0.25, 0.3) is 11.0 Å². The van der Waals surface area contributed by atoms with Crippen molar-refractivity contribution in [3.8, 4) is 11.5 Å². The van der Waals surface area contributed by atoms with E-state index in [4.69, 9.17) is 9.15 Å². The maximum Gasteiger partial charge on any atom is 0.261 e. The number of carbonyl (C=O) groups excluding carboxylic acids is 1. The summed E-state index contributed by atoms with van der Waals surface area (Å²) in [7, 11) is 0. The Bertz CT molecular complexity index is 1280. The molecule has 0 radical (unpaired) electrons. The molecule has 1 amide bonds. The Morgan fingerprint density at radius 2 is 1.81 bits per heavy atom. The third-order valence-corrected chi connectivity index (χ3v) is 4.44. The number of para-hydroxylation sites is 1. The summed E-state index contributed by atoms with van der Waals surface area (Å²) in [6.45, 7) is 2.43. The number of rotatable bonds is 6. The fourth-order valence-corrected chi connectivity index (χ4v) is 3.01. The third-order valence-electron chi connectivity index (χ3n) is 4.44. The van der Waals surface area contributed by atoms with E-state index in [1.165, 1.54) is 12.1 Å². The number of carbonyl (C=O) groups is 1. The normalized spacial score (nSPS) is 11.3. The Labute approximate surface area is 178 Å². The number of amides is 1. The average molecular weight is 415 g/mol. The largest absolute Gasteiger partial charge is 0.508 e. The molecular formula is C24H21N3O4. The van der Waals surface area contributed by atoms with Crippen molar-refractivity contribution < 1.29 is 19.1 Å². The van der Waals surface area contributed by atoms with E-state index in [9.17, 15) is 9.90 Å². The molecule has 3 N–H and O–H groups in total. The number of hydrogen-bond donors (Lipinski definition) is 3. The fraction of sp³-hybridized carbons (Fsp3) is 0.0833. The number of nitrogens with zero attached hydrogens (tertiary/aromatic N) is 1. The van der Waals surface area contributed by atoms with E-state index >= 15 is 0 Å². The van der Waals surface area contributed by atoms with Gasteiger partial charge >= 0.3 is 0 Å². The lowest BCUT2D eigenvalue weighted by atomic mass is 10.1. The summed E-state index contributed by atoms with van der Waals surface area (Å²) < 4.78 is 11.3. The molecule has 4 rings (SSSR count). The van der Waals surface area contributed by atoms with Crippen LogP contribution in [0.3, 0.4) is 0 Å². The van der Waals surface area contributed by atoms with Gasteiger partial charge in [-0.05, 0) is 49.4 Å². The summed E-state index contributed by atoms with van der Waals surface area (Å²) in [6, 6.07) is 22.8. The van der Waals surface area contributed by atoms with Crippen molar-refractivity contribution in [2.24, 2.45) is 5.10 Å². The predicted molar refractivity (Wildman–Crippen MR) is 119 cm³/mol. The SMILES string of the molecule is CCOc1cccc(NC(=O)c2cc3ccc(O)cc3o/c2=N/Nc2ccccc2)c1. The summed E-state index contributed by atoms with van der Waals surface area (Å²) in [5.41, 5.74) is 4.95. The molecule has 156 valence electrons. The zero-order valence-electron chi connectivity index (χ0n) is 16.8. The molecular weight excluding hydrogens is 394 g/mol. The molecule has 0 unspecified atom stereocenters. The van der Waals surface area contributed by atoms with Gasteiger partial charge in [0.2, 0.25) is 5.55 Å². The number of nitrogens with one attached hydrogen (secondary N) is 2. The van der Waals surface area contributed by atoms with Gasteiger partial charge in [0.25, 0.3) is 5.91 Å². The van der Waals surface area contributed by atoms with E-state index in [1.807, 2.05) is 43.3 Å². The van der Waals surface area contributed by atoms with Crippen LogP contribution in [0.5, 0.6) is 11.5 Å². The van der Waals surface area contributed by atoms with Crippen molar-refractivity contribution in [2.45, 2.75) is 6.92 Å². The number of benzene rings is 3. The second kappa shape index (κ2) is 9.04. The first-order valence-corrected chi connectivity index (χ1v) is 9.78. The molecule has 7 heteroatoms. The molecule has 0 bridgehead atoms. The molecule has 0 atom stereocenters. The number of aromatic hydroxyl groups is 1. The molecule has 0 fully saturated rings. The van der Waals surface area contributed by atoms with Crippen LogP contribution in [-0.4, -0.2) is 17.6 Å². The van der Waals surface area contributed by atoms with Gasteiger partial charge in [0, 0.05) is 23.2 Å². The van der Waals surface area contributed by atoms with Crippen molar-refractivity contribution in [1.82, 2.24) is 0 Å². The van der Waals surface area contributed by atoms with Crippen LogP contribution in [0, 0.1) is 0 Å². The van der Waals surface area contributed by atoms with Gasteiger partial charge in [0.15, 0.2) is 0 Å². The average Bonchev–Trinajstić information content (AvgIpc) is 2.78. The van der Waals surface area contributed by atoms with Crippen LogP contribution < -0.4 is 21.0 Å². The summed E-state index contributed by atoms with van der Waals surface area (Å²) in [5, 5.41) is 17.6. The van der Waals surface area contributed by atoms with Crippen LogP contribution in [-0.2, 0) is 0 Å². The van der Waals surface area contributed by atoms with Crippen molar-refractivity contribution in [1.29, 1.82) is 0 Å². The maximum atomic E-state index is 13.1. The Kier molecular flexibility index (Phi) is 5.84. The van der Waals surface area contributed by atoms with E-state index < -0.39 is 0 Å². The standard InChI is InChI=1S/C24H21N3O4/c1-2-30-20-10-6-9-18(14-20)25-23(29)21-13-16-11-12-19(28)15-22(16)31-24(21)27-26-17-7-4-3-5-8-17/h3-15,26,28H,2H2,1H3,(H,25,29)/b27-24+. The lowest BCUT2D eigenvalue weighted by Gasteiger charge is -2.09. The predicted octanol–water partition coefficient (Wildman–Crippen LogP) is 4.72. The van der Waals surface area contributed by atoms with Gasteiger partial charge in [-0.3, -0.25) is 10.2 Å². The second-order valence-electron chi connectivity index (χ2n) is 6.69. The summed E-state index contributed by atoms with van der Waals surface area (Å²) in [6.07, 6.45) is 0. The van der Waals surface area contributed by atoms with Gasteiger partial charge in [-0.1, -0.05) is 24.3 Å². The molecule has 1 heterocycles. The Balaban J connectivity index is 1.73. The van der Waals surface area contributed by atoms with Crippen molar-refractivity contribution >= 4 is 28.3 Å². The molecule has 7 nitrogen and oxygen atoms in total. The highest BCUT2D eigenvalue weighted by Crippen LogP contribution is 2.21. The number of phenols is 1. The summed E-state index contributed by atoms with van der Waals surface area (Å²) in [4.78, 5) is 13.1.